The van der Waals surface area contributed by atoms with Crippen molar-refractivity contribution in [2.75, 3.05) is 33.2 Å². The molecule has 2 aromatic carbocycles. The van der Waals surface area contributed by atoms with Crippen molar-refractivity contribution in [1.29, 1.82) is 0 Å². The average Bonchev–Trinajstić information content (AvgIpc) is 3.43. The summed E-state index contributed by atoms with van der Waals surface area (Å²) >= 11 is 7.09. The number of fused-ring (bicyclic) bond motifs is 4. The minimum Gasteiger partial charge on any atom is -0.478 e. The number of carbonyl (C=O) groups excluding carboxylic acids is 1. The van der Waals surface area contributed by atoms with Gasteiger partial charge in [-0.2, -0.15) is 0 Å². The number of benzene rings is 2. The maximum absolute atomic E-state index is 14.0. The van der Waals surface area contributed by atoms with Gasteiger partial charge in [-0.25, -0.2) is 4.79 Å². The zero-order valence-corrected chi connectivity index (χ0v) is 23.7. The van der Waals surface area contributed by atoms with E-state index in [1.54, 1.807) is 6.07 Å². The van der Waals surface area contributed by atoms with Gasteiger partial charge in [0.1, 0.15) is 5.69 Å². The lowest BCUT2D eigenvalue weighted by molar-refractivity contribution is 0.0652. The highest BCUT2D eigenvalue weighted by molar-refractivity contribution is 6.39. The van der Waals surface area contributed by atoms with Gasteiger partial charge in [-0.3, -0.25) is 4.79 Å². The molecule has 1 saturated carbocycles. The number of hydrogen-bond donors (Lipinski definition) is 1. The zero-order valence-electron chi connectivity index (χ0n) is 23.0. The van der Waals surface area contributed by atoms with Gasteiger partial charge in [0, 0.05) is 61.1 Å². The number of nitrogens with zero attached hydrogens (tertiary/aromatic N) is 4. The van der Waals surface area contributed by atoms with Crippen LogP contribution in [0, 0.1) is 0 Å². The van der Waals surface area contributed by atoms with Crippen LogP contribution < -0.4 is 0 Å². The SMILES string of the molecule is CN1CCN(C(=O)c2c(Cl)c3cccc4c3n2CCCn2c-4c(C3CCCCC3)c3ccc(C(=O)O)cc32)CC1. The van der Waals surface area contributed by atoms with E-state index in [0.717, 1.165) is 66.3 Å². The third-order valence-electron chi connectivity index (χ3n) is 9.40. The van der Waals surface area contributed by atoms with E-state index in [1.807, 2.05) is 23.1 Å². The van der Waals surface area contributed by atoms with Crippen LogP contribution in [0.3, 0.4) is 0 Å². The summed E-state index contributed by atoms with van der Waals surface area (Å²) < 4.78 is 4.54. The Morgan fingerprint density at radius 3 is 2.38 bits per heavy atom. The number of amides is 1. The number of aromatic nitrogens is 2. The first-order valence-electron chi connectivity index (χ1n) is 14.6. The van der Waals surface area contributed by atoms with Crippen LogP contribution in [0.2, 0.25) is 5.02 Å². The molecule has 1 N–H and O–H groups in total. The Bertz CT molecular complexity index is 1650. The average molecular weight is 559 g/mol. The van der Waals surface area contributed by atoms with Crippen molar-refractivity contribution in [3.05, 3.63) is 58.2 Å². The van der Waals surface area contributed by atoms with Gasteiger partial charge in [0.2, 0.25) is 0 Å². The standard InChI is InChI=1S/C32H35ClN4O3/c1-34-15-17-35(18-16-34)31(38)30-27(33)23-9-5-10-24-28(23)37(30)14-6-13-36-25-19-21(32(39)40)11-12-22(25)26(29(24)36)20-7-3-2-4-8-20/h5,9-12,19-20H,2-4,6-8,13-18H2,1H3,(H,39,40). The molecular weight excluding hydrogens is 524 g/mol. The minimum atomic E-state index is -0.905. The molecule has 0 atom stereocenters. The first-order valence-corrected chi connectivity index (χ1v) is 15.0. The molecule has 0 radical (unpaired) electrons. The molecule has 40 heavy (non-hydrogen) atoms. The fraction of sp³-hybridized carbons (Fsp3) is 0.438. The summed E-state index contributed by atoms with van der Waals surface area (Å²) in [5.41, 5.74) is 6.52. The van der Waals surface area contributed by atoms with Crippen LogP contribution >= 0.6 is 11.6 Å². The molecule has 1 saturated heterocycles. The second-order valence-electron chi connectivity index (χ2n) is 11.8. The maximum Gasteiger partial charge on any atom is 0.335 e. The van der Waals surface area contributed by atoms with Crippen LogP contribution in [0.1, 0.15) is 70.9 Å². The minimum absolute atomic E-state index is 0.0139. The predicted molar refractivity (Wildman–Crippen MR) is 159 cm³/mol. The Kier molecular flexibility index (Phi) is 6.39. The molecule has 7 rings (SSSR count). The largest absolute Gasteiger partial charge is 0.478 e. The summed E-state index contributed by atoms with van der Waals surface area (Å²) in [5.74, 6) is -0.472. The number of piperazine rings is 1. The molecule has 2 aliphatic heterocycles. The van der Waals surface area contributed by atoms with Crippen molar-refractivity contribution in [3.63, 3.8) is 0 Å². The number of aryl methyl sites for hydroxylation is 2. The highest BCUT2D eigenvalue weighted by atomic mass is 35.5. The van der Waals surface area contributed by atoms with Crippen LogP contribution in [0.4, 0.5) is 0 Å². The molecule has 7 nitrogen and oxygen atoms in total. The van der Waals surface area contributed by atoms with Gasteiger partial charge in [0.25, 0.3) is 5.91 Å². The van der Waals surface area contributed by atoms with Crippen LogP contribution in [0.25, 0.3) is 33.1 Å². The Morgan fingerprint density at radius 2 is 1.62 bits per heavy atom. The molecule has 4 aromatic rings. The second-order valence-corrected chi connectivity index (χ2v) is 12.1. The van der Waals surface area contributed by atoms with Gasteiger partial charge in [-0.1, -0.05) is 55.1 Å². The number of carboxylic acids is 1. The van der Waals surface area contributed by atoms with Gasteiger partial charge in [0.05, 0.1) is 21.8 Å². The summed E-state index contributed by atoms with van der Waals surface area (Å²) in [5, 5.41) is 12.4. The van der Waals surface area contributed by atoms with E-state index < -0.39 is 5.97 Å². The molecule has 1 aliphatic carbocycles. The Balaban J connectivity index is 1.49. The number of aromatic carboxylic acids is 1. The fourth-order valence-corrected chi connectivity index (χ4v) is 7.71. The highest BCUT2D eigenvalue weighted by Gasteiger charge is 2.33. The van der Waals surface area contributed by atoms with E-state index in [0.29, 0.717) is 41.8 Å². The Morgan fingerprint density at radius 1 is 0.875 bits per heavy atom. The van der Waals surface area contributed by atoms with Crippen molar-refractivity contribution in [3.8, 4) is 11.3 Å². The third-order valence-corrected chi connectivity index (χ3v) is 9.78. The molecule has 1 amide bonds. The van der Waals surface area contributed by atoms with Crippen LogP contribution in [-0.4, -0.2) is 69.1 Å². The van der Waals surface area contributed by atoms with E-state index in [9.17, 15) is 14.7 Å². The quantitative estimate of drug-likeness (QED) is 0.313. The molecular formula is C32H35ClN4O3. The Labute approximate surface area is 238 Å². The number of carboxylic acid groups (broad SMARTS) is 1. The molecule has 3 aliphatic rings. The summed E-state index contributed by atoms with van der Waals surface area (Å²) in [4.78, 5) is 30.1. The molecule has 2 fully saturated rings. The summed E-state index contributed by atoms with van der Waals surface area (Å²) in [7, 11) is 2.09. The normalized spacial score (nSPS) is 18.6. The van der Waals surface area contributed by atoms with Crippen molar-refractivity contribution in [2.24, 2.45) is 0 Å². The fourth-order valence-electron chi connectivity index (χ4n) is 7.38. The lowest BCUT2D eigenvalue weighted by Gasteiger charge is -2.32. The summed E-state index contributed by atoms with van der Waals surface area (Å²) in [6.07, 6.45) is 6.77. The van der Waals surface area contributed by atoms with Crippen LogP contribution in [0.15, 0.2) is 36.4 Å². The smallest absolute Gasteiger partial charge is 0.335 e. The lowest BCUT2D eigenvalue weighted by Crippen LogP contribution is -2.47. The van der Waals surface area contributed by atoms with Gasteiger partial charge < -0.3 is 24.0 Å². The third kappa shape index (κ3) is 3.97. The topological polar surface area (TPSA) is 70.7 Å². The number of rotatable bonds is 3. The molecule has 0 spiro atoms. The van der Waals surface area contributed by atoms with Crippen molar-refractivity contribution < 1.29 is 14.7 Å². The predicted octanol–water partition coefficient (Wildman–Crippen LogP) is 6.45. The number of halogens is 1. The van der Waals surface area contributed by atoms with Crippen molar-refractivity contribution >= 4 is 45.3 Å². The van der Waals surface area contributed by atoms with Crippen molar-refractivity contribution in [2.45, 2.75) is 57.5 Å². The first-order chi connectivity index (χ1) is 19.4. The van der Waals surface area contributed by atoms with Gasteiger partial charge in [-0.05, 0) is 49.9 Å². The van der Waals surface area contributed by atoms with E-state index in [1.165, 1.54) is 30.5 Å². The van der Waals surface area contributed by atoms with E-state index in [2.05, 4.69) is 33.2 Å². The number of para-hydroxylation sites is 1. The van der Waals surface area contributed by atoms with Crippen LogP contribution in [-0.2, 0) is 13.1 Å². The maximum atomic E-state index is 14.0. The van der Waals surface area contributed by atoms with Gasteiger partial charge >= 0.3 is 5.97 Å². The van der Waals surface area contributed by atoms with E-state index >= 15 is 0 Å². The van der Waals surface area contributed by atoms with E-state index in [4.69, 9.17) is 11.6 Å². The van der Waals surface area contributed by atoms with Crippen molar-refractivity contribution in [1.82, 2.24) is 18.9 Å². The molecule has 208 valence electrons. The molecule has 0 unspecified atom stereocenters. The van der Waals surface area contributed by atoms with Gasteiger partial charge in [-0.15, -0.1) is 0 Å². The number of hydrogen-bond acceptors (Lipinski definition) is 3. The number of carbonyl (C=O) groups is 2. The molecule has 4 heterocycles. The van der Waals surface area contributed by atoms with Crippen LogP contribution in [0.5, 0.6) is 0 Å². The summed E-state index contributed by atoms with van der Waals surface area (Å²) in [6, 6.07) is 11.9. The molecule has 0 bridgehead atoms. The second kappa shape index (κ2) is 9.96. The monoisotopic (exact) mass is 558 g/mol. The summed E-state index contributed by atoms with van der Waals surface area (Å²) in [6.45, 7) is 4.54. The van der Waals surface area contributed by atoms with E-state index in [-0.39, 0.29) is 5.91 Å². The number of likely N-dealkylation sites (N-methyl/N-ethyl adjacent to an activating group) is 1. The molecule has 2 aromatic heterocycles. The van der Waals surface area contributed by atoms with Gasteiger partial charge in [0.15, 0.2) is 0 Å². The Hall–Kier alpha value is -3.29. The molecule has 8 heteroatoms. The first kappa shape index (κ1) is 25.7. The zero-order chi connectivity index (χ0) is 27.5. The lowest BCUT2D eigenvalue weighted by atomic mass is 9.81. The highest BCUT2D eigenvalue weighted by Crippen LogP contribution is 2.48.